The zero-order valence-electron chi connectivity index (χ0n) is 12.6. The summed E-state index contributed by atoms with van der Waals surface area (Å²) in [6, 6.07) is 0.00310. The highest BCUT2D eigenvalue weighted by atomic mass is 16.6. The number of hydrogen-bond donors (Lipinski definition) is 1. The zero-order valence-corrected chi connectivity index (χ0v) is 12.6. The van der Waals surface area contributed by atoms with Gasteiger partial charge in [-0.05, 0) is 20.8 Å². The van der Waals surface area contributed by atoms with Crippen molar-refractivity contribution in [3.05, 3.63) is 15.8 Å². The predicted molar refractivity (Wildman–Crippen MR) is 76.5 cm³/mol. The fourth-order valence-electron chi connectivity index (χ4n) is 2.60. The van der Waals surface area contributed by atoms with Crippen LogP contribution in [0.3, 0.4) is 0 Å². The van der Waals surface area contributed by atoms with Crippen molar-refractivity contribution in [3.8, 4) is 0 Å². The molecule has 1 aromatic heterocycles. The largest absolute Gasteiger partial charge is 0.481 e. The van der Waals surface area contributed by atoms with Crippen molar-refractivity contribution in [1.29, 1.82) is 0 Å². The van der Waals surface area contributed by atoms with E-state index in [1.54, 1.807) is 18.5 Å². The number of carbonyl (C=O) groups is 1. The van der Waals surface area contributed by atoms with Gasteiger partial charge < -0.3 is 10.0 Å². The molecule has 2 heterocycles. The summed E-state index contributed by atoms with van der Waals surface area (Å²) in [6.45, 7) is 8.13. The Balaban J connectivity index is 2.29. The molecular formula is C13H20N4O4. The molecule has 1 aliphatic heterocycles. The van der Waals surface area contributed by atoms with Gasteiger partial charge in [0, 0.05) is 25.0 Å². The molecule has 0 saturated carbocycles. The van der Waals surface area contributed by atoms with E-state index in [4.69, 9.17) is 5.11 Å². The van der Waals surface area contributed by atoms with Crippen molar-refractivity contribution in [2.24, 2.45) is 11.8 Å². The molecule has 1 unspecified atom stereocenters. The molecular weight excluding hydrogens is 276 g/mol. The Labute approximate surface area is 122 Å². The fourth-order valence-corrected chi connectivity index (χ4v) is 2.60. The Morgan fingerprint density at radius 1 is 1.43 bits per heavy atom. The summed E-state index contributed by atoms with van der Waals surface area (Å²) >= 11 is 0. The minimum atomic E-state index is -0.831. The third kappa shape index (κ3) is 2.57. The Morgan fingerprint density at radius 3 is 2.43 bits per heavy atom. The summed E-state index contributed by atoms with van der Waals surface area (Å²) in [4.78, 5) is 23.7. The van der Waals surface area contributed by atoms with E-state index in [1.165, 1.54) is 0 Å². The van der Waals surface area contributed by atoms with Crippen LogP contribution in [0.15, 0.2) is 0 Å². The summed E-state index contributed by atoms with van der Waals surface area (Å²) in [5, 5.41) is 24.6. The summed E-state index contributed by atoms with van der Waals surface area (Å²) in [5.74, 6) is -0.779. The van der Waals surface area contributed by atoms with Crippen molar-refractivity contribution < 1.29 is 14.8 Å². The predicted octanol–water partition coefficient (Wildman–Crippen LogP) is 1.84. The van der Waals surface area contributed by atoms with E-state index < -0.39 is 16.8 Å². The number of aliphatic carboxylic acids is 1. The molecule has 0 aromatic carbocycles. The summed E-state index contributed by atoms with van der Waals surface area (Å²) < 4.78 is 1.65. The highest BCUT2D eigenvalue weighted by Crippen LogP contribution is 2.38. The Hall–Kier alpha value is -2.12. The van der Waals surface area contributed by atoms with E-state index in [0.29, 0.717) is 24.6 Å². The summed E-state index contributed by atoms with van der Waals surface area (Å²) in [7, 11) is 0. The van der Waals surface area contributed by atoms with E-state index in [1.807, 2.05) is 18.7 Å². The van der Waals surface area contributed by atoms with Crippen LogP contribution in [0.2, 0.25) is 0 Å². The molecule has 1 N–H and O–H groups in total. The Kier molecular flexibility index (Phi) is 3.89. The van der Waals surface area contributed by atoms with Gasteiger partial charge in [-0.3, -0.25) is 14.9 Å². The second-order valence-corrected chi connectivity index (χ2v) is 5.85. The average Bonchev–Trinajstić information content (AvgIpc) is 2.64. The lowest BCUT2D eigenvalue weighted by molar-refractivity contribution is -0.384. The molecule has 8 heteroatoms. The first-order valence-corrected chi connectivity index (χ1v) is 6.95. The zero-order chi connectivity index (χ0) is 15.9. The van der Waals surface area contributed by atoms with E-state index in [-0.39, 0.29) is 17.6 Å². The van der Waals surface area contributed by atoms with Crippen LogP contribution in [0.1, 0.15) is 32.5 Å². The molecule has 1 aliphatic rings. The van der Waals surface area contributed by atoms with Crippen LogP contribution in [0.4, 0.5) is 11.5 Å². The third-order valence-electron chi connectivity index (χ3n) is 4.01. The molecule has 8 nitrogen and oxygen atoms in total. The molecule has 1 saturated heterocycles. The standard InChI is InChI=1S/C13H20N4O4/c1-7(2)16-12(11(17(20)21)9(4)14-16)15-5-10(6-15)8(3)13(18)19/h7-8,10H,5-6H2,1-4H3,(H,18,19). The van der Waals surface area contributed by atoms with Gasteiger partial charge in [0.05, 0.1) is 10.8 Å². The highest BCUT2D eigenvalue weighted by molar-refractivity contribution is 5.71. The van der Waals surface area contributed by atoms with Crippen LogP contribution in [0.5, 0.6) is 0 Å². The maximum absolute atomic E-state index is 11.3. The number of nitro groups is 1. The average molecular weight is 296 g/mol. The lowest BCUT2D eigenvalue weighted by Crippen LogP contribution is -2.52. The van der Waals surface area contributed by atoms with Crippen molar-refractivity contribution in [2.45, 2.75) is 33.7 Å². The van der Waals surface area contributed by atoms with Gasteiger partial charge in [-0.2, -0.15) is 5.10 Å². The molecule has 1 atom stereocenters. The number of rotatable bonds is 5. The molecule has 116 valence electrons. The van der Waals surface area contributed by atoms with Crippen LogP contribution >= 0.6 is 0 Å². The van der Waals surface area contributed by atoms with Gasteiger partial charge >= 0.3 is 11.7 Å². The second kappa shape index (κ2) is 5.34. The fraction of sp³-hybridized carbons (Fsp3) is 0.692. The monoisotopic (exact) mass is 296 g/mol. The number of carboxylic acid groups (broad SMARTS) is 1. The van der Waals surface area contributed by atoms with Gasteiger partial charge in [-0.15, -0.1) is 0 Å². The number of aryl methyl sites for hydroxylation is 1. The first-order chi connectivity index (χ1) is 9.73. The van der Waals surface area contributed by atoms with Gasteiger partial charge in [-0.1, -0.05) is 6.92 Å². The normalized spacial score (nSPS) is 16.9. The van der Waals surface area contributed by atoms with E-state index in [9.17, 15) is 14.9 Å². The molecule has 0 aliphatic carbocycles. The van der Waals surface area contributed by atoms with Crippen LogP contribution in [-0.4, -0.2) is 38.9 Å². The minimum absolute atomic E-state index is 0.00310. The molecule has 0 spiro atoms. The van der Waals surface area contributed by atoms with Crippen molar-refractivity contribution in [2.75, 3.05) is 18.0 Å². The van der Waals surface area contributed by atoms with Crippen LogP contribution in [0.25, 0.3) is 0 Å². The molecule has 21 heavy (non-hydrogen) atoms. The molecule has 1 fully saturated rings. The lowest BCUT2D eigenvalue weighted by atomic mass is 9.87. The first-order valence-electron chi connectivity index (χ1n) is 6.95. The number of nitrogens with zero attached hydrogens (tertiary/aromatic N) is 4. The molecule has 1 aromatic rings. The quantitative estimate of drug-likeness (QED) is 0.657. The maximum atomic E-state index is 11.3. The SMILES string of the molecule is Cc1nn(C(C)C)c(N2CC(C(C)C(=O)O)C2)c1[N+](=O)[O-]. The number of carboxylic acids is 1. The smallest absolute Gasteiger partial charge is 0.333 e. The molecule has 2 rings (SSSR count). The van der Waals surface area contributed by atoms with E-state index in [2.05, 4.69) is 5.10 Å². The van der Waals surface area contributed by atoms with Crippen LogP contribution in [-0.2, 0) is 4.79 Å². The molecule has 0 radical (unpaired) electrons. The van der Waals surface area contributed by atoms with Crippen LogP contribution in [0, 0.1) is 28.9 Å². The maximum Gasteiger partial charge on any atom is 0.333 e. The number of anilines is 1. The number of hydrogen-bond acceptors (Lipinski definition) is 5. The molecule has 0 bridgehead atoms. The topological polar surface area (TPSA) is 102 Å². The van der Waals surface area contributed by atoms with E-state index >= 15 is 0 Å². The van der Waals surface area contributed by atoms with Crippen molar-refractivity contribution in [1.82, 2.24) is 9.78 Å². The second-order valence-electron chi connectivity index (χ2n) is 5.85. The molecule has 0 amide bonds. The Bertz CT molecular complexity index is 575. The van der Waals surface area contributed by atoms with Gasteiger partial charge in [0.25, 0.3) is 0 Å². The minimum Gasteiger partial charge on any atom is -0.481 e. The lowest BCUT2D eigenvalue weighted by Gasteiger charge is -2.42. The first kappa shape index (κ1) is 15.3. The number of aromatic nitrogens is 2. The van der Waals surface area contributed by atoms with Crippen molar-refractivity contribution >= 4 is 17.5 Å². The Morgan fingerprint density at radius 2 is 2.00 bits per heavy atom. The highest BCUT2D eigenvalue weighted by Gasteiger charge is 2.40. The summed E-state index contributed by atoms with van der Waals surface area (Å²) in [6.07, 6.45) is 0. The van der Waals surface area contributed by atoms with Crippen LogP contribution < -0.4 is 4.90 Å². The van der Waals surface area contributed by atoms with Gasteiger partial charge in [0.15, 0.2) is 0 Å². The van der Waals surface area contributed by atoms with Gasteiger partial charge in [0.1, 0.15) is 5.69 Å². The van der Waals surface area contributed by atoms with Gasteiger partial charge in [-0.25, -0.2) is 4.68 Å². The summed E-state index contributed by atoms with van der Waals surface area (Å²) in [5.41, 5.74) is 0.406. The van der Waals surface area contributed by atoms with Crippen molar-refractivity contribution in [3.63, 3.8) is 0 Å². The van der Waals surface area contributed by atoms with Gasteiger partial charge in [0.2, 0.25) is 5.82 Å². The third-order valence-corrected chi connectivity index (χ3v) is 4.01. The van der Waals surface area contributed by atoms with E-state index in [0.717, 1.165) is 0 Å².